The molecule has 2 aliphatic heterocycles. The first kappa shape index (κ1) is 46.3. The van der Waals surface area contributed by atoms with Gasteiger partial charge in [0.05, 0.1) is 18.8 Å². The predicted octanol–water partition coefficient (Wildman–Crippen LogP) is 4.30. The van der Waals surface area contributed by atoms with Crippen molar-refractivity contribution in [2.75, 3.05) is 18.5 Å². The second-order valence-electron chi connectivity index (χ2n) is 18.5. The van der Waals surface area contributed by atoms with Crippen molar-refractivity contribution in [3.63, 3.8) is 0 Å². The summed E-state index contributed by atoms with van der Waals surface area (Å²) in [5.41, 5.74) is 0.303. The zero-order valence-electron chi connectivity index (χ0n) is 35.8. The molecule has 0 unspecified atom stereocenters. The summed E-state index contributed by atoms with van der Waals surface area (Å²) in [6, 6.07) is 14.2. The Morgan fingerprint density at radius 3 is 2.42 bits per heavy atom. The van der Waals surface area contributed by atoms with E-state index in [0.717, 1.165) is 33.8 Å². The lowest BCUT2D eigenvalue weighted by Gasteiger charge is -2.59. The number of carbonyl (C=O) groups excluding carboxylic acids is 6. The number of aliphatic hydroxyl groups is 1. The van der Waals surface area contributed by atoms with Gasteiger partial charge in [-0.1, -0.05) is 61.9 Å². The normalized spacial score (nSPS) is 31.7. The van der Waals surface area contributed by atoms with Crippen LogP contribution in [0.3, 0.4) is 0 Å². The Kier molecular flexibility index (Phi) is 12.5. The van der Waals surface area contributed by atoms with Gasteiger partial charge in [0.2, 0.25) is 5.91 Å². The van der Waals surface area contributed by atoms with E-state index in [4.69, 9.17) is 14.0 Å². The maximum absolute atomic E-state index is 14.4. The third-order valence-corrected chi connectivity index (χ3v) is 15.1. The summed E-state index contributed by atoms with van der Waals surface area (Å²) >= 11 is 0. The molecule has 8 rings (SSSR count). The molecule has 0 bridgehead atoms. The van der Waals surface area contributed by atoms with E-state index in [-0.39, 0.29) is 49.2 Å². The number of carbonyl (C=O) groups is 7. The molecule has 17 nitrogen and oxygen atoms in total. The molecule has 2 heterocycles. The molecule has 1 saturated heterocycles. The highest BCUT2D eigenvalue weighted by Gasteiger charge is 2.76. The summed E-state index contributed by atoms with van der Waals surface area (Å²) in [5.74, 6) is -5.93. The molecule has 0 radical (unpaired) electrons. The number of imide groups is 1. The quantitative estimate of drug-likeness (QED) is 0.116. The number of fused-ring (bicyclic) bond motifs is 7. The summed E-state index contributed by atoms with van der Waals surface area (Å²) in [5, 5.41) is 24.1. The number of hydrogen-bond acceptors (Lipinski definition) is 12. The van der Waals surface area contributed by atoms with Gasteiger partial charge in [-0.2, -0.15) is 0 Å². The van der Waals surface area contributed by atoms with Gasteiger partial charge in [0, 0.05) is 58.9 Å². The number of hydrogen-bond donors (Lipinski definition) is 5. The number of aliphatic hydroxyl groups excluding tert-OH is 1. The van der Waals surface area contributed by atoms with Gasteiger partial charge in [-0.05, 0) is 85.8 Å². The number of anilines is 1. The van der Waals surface area contributed by atoms with Gasteiger partial charge < -0.3 is 34.8 Å². The fraction of sp³-hybridized carbons (Fsp3) is 0.468. The van der Waals surface area contributed by atoms with E-state index in [0.29, 0.717) is 36.9 Å². The van der Waals surface area contributed by atoms with E-state index in [9.17, 15) is 58.1 Å². The number of rotatable bonds is 16. The number of nitrogens with one attached hydrogen (secondary N) is 1. The SMILES string of the molecule is C[C@]12C=CC(=O)C=C1CC[C@@H]1[C@@H]2[C@@H](O)C[C@@]2(C)[C@H]1C[C@H]1O[C@@H](c3ccc(Cc4cccc(NC(=O)[C@H](CCC(=O)O)CC(=O)CN5C(=O)C=CC5=O)c4)cc3)O[C@]12C(=O)COP(=O)(O)O. The molecule has 4 aliphatic carbocycles. The molecule has 0 aromatic heterocycles. The maximum Gasteiger partial charge on any atom is 0.470 e. The van der Waals surface area contributed by atoms with Crippen LogP contribution in [0, 0.1) is 34.5 Å². The zero-order valence-corrected chi connectivity index (χ0v) is 36.7. The largest absolute Gasteiger partial charge is 0.481 e. The number of ketones is 3. The summed E-state index contributed by atoms with van der Waals surface area (Å²) in [6.07, 6.45) is 5.75. The summed E-state index contributed by atoms with van der Waals surface area (Å²) in [6.45, 7) is 2.47. The van der Waals surface area contributed by atoms with Crippen molar-refractivity contribution in [1.29, 1.82) is 0 Å². The topological polar surface area (TPSA) is 260 Å². The Morgan fingerprint density at radius 2 is 1.72 bits per heavy atom. The van der Waals surface area contributed by atoms with Crippen LogP contribution in [-0.4, -0.2) is 96.9 Å². The minimum absolute atomic E-state index is 0.0789. The molecule has 65 heavy (non-hydrogen) atoms. The number of carboxylic acid groups (broad SMARTS) is 1. The number of aliphatic carboxylic acids is 1. The molecule has 10 atom stereocenters. The summed E-state index contributed by atoms with van der Waals surface area (Å²) in [7, 11) is -5.05. The van der Waals surface area contributed by atoms with Crippen LogP contribution in [0.25, 0.3) is 0 Å². The number of benzene rings is 2. The van der Waals surface area contributed by atoms with E-state index >= 15 is 0 Å². The monoisotopic (exact) mass is 914 g/mol. The van der Waals surface area contributed by atoms with Crippen molar-refractivity contribution in [2.24, 2.45) is 34.5 Å². The third-order valence-electron chi connectivity index (χ3n) is 14.7. The van der Waals surface area contributed by atoms with Gasteiger partial charge in [0.15, 0.2) is 29.2 Å². The zero-order chi connectivity index (χ0) is 46.6. The fourth-order valence-electron chi connectivity index (χ4n) is 11.7. The van der Waals surface area contributed by atoms with E-state index in [1.807, 2.05) is 38.1 Å². The molecule has 18 heteroatoms. The van der Waals surface area contributed by atoms with E-state index in [1.54, 1.807) is 42.5 Å². The first-order valence-electron chi connectivity index (χ1n) is 21.7. The Labute approximate surface area is 374 Å². The lowest BCUT2D eigenvalue weighted by molar-refractivity contribution is -0.200. The number of nitrogens with zero attached hydrogens (tertiary/aromatic N) is 1. The van der Waals surface area contributed by atoms with Crippen LogP contribution in [-0.2, 0) is 58.5 Å². The molecule has 4 fully saturated rings. The van der Waals surface area contributed by atoms with Crippen molar-refractivity contribution >= 4 is 54.6 Å². The van der Waals surface area contributed by atoms with Gasteiger partial charge in [0.25, 0.3) is 11.8 Å². The van der Waals surface area contributed by atoms with Crippen molar-refractivity contribution < 1.29 is 72.1 Å². The first-order chi connectivity index (χ1) is 30.7. The predicted molar refractivity (Wildman–Crippen MR) is 228 cm³/mol. The standard InChI is InChI=1S/C47H51N2O15P/c1-45-17-16-32(50)21-30(45)11-12-34-35-22-38-47(37(53)25-62-65(59,60)61,46(35,2)23-36(52)42(34)45)64-44(63-38)28-8-6-26(7-9-28)18-27-4-3-5-31(19-27)48-43(58)29(10-15-41(56)57)20-33(51)24-49-39(54)13-14-40(49)55/h3-9,13-14,16-17,19,21,29,34-36,38,42,44,52H,10-12,15,18,20,22-25H2,1-2H3,(H,48,58)(H,56,57)(H2,59,60,61)/t29-,34+,35+,36+,38-,42-,44-,45+,46+,47-/m1/s1. The van der Waals surface area contributed by atoms with Crippen molar-refractivity contribution in [1.82, 2.24) is 4.90 Å². The van der Waals surface area contributed by atoms with Gasteiger partial charge in [0.1, 0.15) is 6.61 Å². The van der Waals surface area contributed by atoms with E-state index in [1.165, 1.54) is 0 Å². The molecular formula is C47H51N2O15P. The minimum Gasteiger partial charge on any atom is -0.481 e. The molecule has 6 aliphatic rings. The lowest BCUT2D eigenvalue weighted by Crippen LogP contribution is -2.63. The van der Waals surface area contributed by atoms with Gasteiger partial charge in [-0.15, -0.1) is 0 Å². The number of allylic oxidation sites excluding steroid dienone is 4. The van der Waals surface area contributed by atoms with Gasteiger partial charge in [-0.25, -0.2) is 4.57 Å². The van der Waals surface area contributed by atoms with Crippen molar-refractivity contribution in [3.8, 4) is 0 Å². The van der Waals surface area contributed by atoms with E-state index < -0.39 is 97.1 Å². The van der Waals surface area contributed by atoms with Crippen molar-refractivity contribution in [2.45, 2.75) is 89.3 Å². The lowest BCUT2D eigenvalue weighted by atomic mass is 9.46. The molecule has 3 saturated carbocycles. The molecule has 344 valence electrons. The van der Waals surface area contributed by atoms with Crippen LogP contribution >= 0.6 is 7.82 Å². The number of phosphoric ester groups is 1. The molecule has 2 aromatic carbocycles. The van der Waals surface area contributed by atoms with E-state index in [2.05, 4.69) is 5.32 Å². The number of amides is 3. The van der Waals surface area contributed by atoms with Crippen LogP contribution in [0.2, 0.25) is 0 Å². The second kappa shape index (κ2) is 17.5. The minimum atomic E-state index is -5.05. The summed E-state index contributed by atoms with van der Waals surface area (Å²) < 4.78 is 29.9. The Balaban J connectivity index is 0.965. The van der Waals surface area contributed by atoms with Gasteiger partial charge >= 0.3 is 13.8 Å². The van der Waals surface area contributed by atoms with Crippen LogP contribution in [0.5, 0.6) is 0 Å². The Bertz CT molecular complexity index is 2460. The number of ether oxygens (including phenoxy) is 2. The number of Topliss-reactive ketones (excluding diaryl/α,β-unsaturated/α-hetero) is 2. The number of phosphoric acid groups is 1. The van der Waals surface area contributed by atoms with Gasteiger partial charge in [-0.3, -0.25) is 43.0 Å². The average molecular weight is 915 g/mol. The van der Waals surface area contributed by atoms with Crippen LogP contribution in [0.1, 0.15) is 81.8 Å². The Hall–Kier alpha value is -5.26. The van der Waals surface area contributed by atoms with Crippen LogP contribution in [0.15, 0.2) is 84.5 Å². The highest BCUT2D eigenvalue weighted by Crippen LogP contribution is 2.70. The molecule has 2 aromatic rings. The first-order valence-corrected chi connectivity index (χ1v) is 23.2. The Morgan fingerprint density at radius 1 is 1.00 bits per heavy atom. The molecule has 0 spiro atoms. The smallest absolute Gasteiger partial charge is 0.470 e. The summed E-state index contributed by atoms with van der Waals surface area (Å²) in [4.78, 5) is 108. The molecule has 5 N–H and O–H groups in total. The fourth-order valence-corrected chi connectivity index (χ4v) is 12.0. The van der Waals surface area contributed by atoms with Crippen LogP contribution < -0.4 is 5.32 Å². The second-order valence-corrected chi connectivity index (χ2v) is 19.8. The maximum atomic E-state index is 14.4. The van der Waals surface area contributed by atoms with Crippen LogP contribution in [0.4, 0.5) is 5.69 Å². The molecular weight excluding hydrogens is 863 g/mol. The highest BCUT2D eigenvalue weighted by molar-refractivity contribution is 7.46. The molecule has 3 amide bonds. The third kappa shape index (κ3) is 8.78. The highest BCUT2D eigenvalue weighted by atomic mass is 31.2. The number of carboxylic acids is 1. The average Bonchev–Trinajstić information content (AvgIpc) is 3.86. The van der Waals surface area contributed by atoms with Crippen molar-refractivity contribution in [3.05, 3.63) is 101 Å².